The van der Waals surface area contributed by atoms with Crippen LogP contribution in [0.3, 0.4) is 0 Å². The Morgan fingerprint density at radius 3 is 1.81 bits per heavy atom. The van der Waals surface area contributed by atoms with Gasteiger partial charge in [-0.1, -0.05) is 26.2 Å². The zero-order valence-corrected chi connectivity index (χ0v) is 15.7. The second kappa shape index (κ2) is 7.58. The fourth-order valence-electron chi connectivity index (χ4n) is 4.73. The molecule has 0 spiro atoms. The van der Waals surface area contributed by atoms with E-state index in [0.717, 1.165) is 19.1 Å². The van der Waals surface area contributed by atoms with Crippen LogP contribution in [-0.4, -0.2) is 38.6 Å². The van der Waals surface area contributed by atoms with E-state index >= 15 is 0 Å². The van der Waals surface area contributed by atoms with Gasteiger partial charge >= 0.3 is 8.72 Å². The lowest BCUT2D eigenvalue weighted by atomic mass is 10.0. The molecule has 4 unspecified atom stereocenters. The summed E-state index contributed by atoms with van der Waals surface area (Å²) < 4.78 is 15.8. The zero-order valence-electron chi connectivity index (χ0n) is 14.7. The van der Waals surface area contributed by atoms with Gasteiger partial charge in [0.2, 0.25) is 0 Å². The summed E-state index contributed by atoms with van der Waals surface area (Å²) in [6.07, 6.45) is 7.92. The van der Waals surface area contributed by atoms with Crippen LogP contribution in [-0.2, 0) is 8.85 Å². The lowest BCUT2D eigenvalue weighted by Gasteiger charge is -2.51. The predicted molar refractivity (Wildman–Crippen MR) is 90.4 cm³/mol. The highest BCUT2D eigenvalue weighted by Crippen LogP contribution is 2.47. The third-order valence-electron chi connectivity index (χ3n) is 5.59. The van der Waals surface area contributed by atoms with Gasteiger partial charge in [0.05, 0.1) is 0 Å². The van der Waals surface area contributed by atoms with Crippen molar-refractivity contribution in [2.45, 2.75) is 90.8 Å². The van der Waals surface area contributed by atoms with E-state index in [4.69, 9.17) is 8.85 Å². The lowest BCUT2D eigenvalue weighted by molar-refractivity contribution is 0.0536. The number of rotatable bonds is 6. The fourth-order valence-corrected chi connectivity index (χ4v) is 9.69. The van der Waals surface area contributed by atoms with Gasteiger partial charge in [0, 0.05) is 30.8 Å². The second-order valence-corrected chi connectivity index (χ2v) is 10.1. The van der Waals surface area contributed by atoms with E-state index in [-0.39, 0.29) is 0 Å². The Labute approximate surface area is 132 Å². The average molecular weight is 314 g/mol. The Hall–Kier alpha value is 0.0969. The largest absolute Gasteiger partial charge is 0.431 e. The summed E-state index contributed by atoms with van der Waals surface area (Å²) in [5.41, 5.74) is 0.639. The van der Waals surface area contributed by atoms with Gasteiger partial charge in [-0.3, -0.25) is 4.57 Å². The van der Waals surface area contributed by atoms with Crippen LogP contribution in [0.25, 0.3) is 0 Å². The van der Waals surface area contributed by atoms with Crippen molar-refractivity contribution in [3.05, 3.63) is 0 Å². The normalized spacial score (nSPS) is 35.3. The molecule has 2 rings (SSSR count). The SMILES string of the molecule is CCO[Si](OCC)(C1CCCC1C)N1C(C)CCCC1C. The van der Waals surface area contributed by atoms with Crippen molar-refractivity contribution >= 4 is 8.72 Å². The van der Waals surface area contributed by atoms with Crippen LogP contribution in [0.4, 0.5) is 0 Å². The van der Waals surface area contributed by atoms with E-state index in [1.54, 1.807) is 0 Å². The summed E-state index contributed by atoms with van der Waals surface area (Å²) >= 11 is 0. The third kappa shape index (κ3) is 3.38. The second-order valence-electron chi connectivity index (χ2n) is 7.05. The summed E-state index contributed by atoms with van der Waals surface area (Å²) in [6, 6.07) is 1.21. The Kier molecular flexibility index (Phi) is 6.30. The minimum Gasteiger partial charge on any atom is -0.383 e. The number of hydrogen-bond acceptors (Lipinski definition) is 3. The molecule has 0 bridgehead atoms. The molecule has 2 aliphatic rings. The van der Waals surface area contributed by atoms with Crippen molar-refractivity contribution in [1.82, 2.24) is 4.57 Å². The van der Waals surface area contributed by atoms with Crippen LogP contribution in [0, 0.1) is 5.92 Å². The van der Waals surface area contributed by atoms with Gasteiger partial charge in [0.25, 0.3) is 0 Å². The van der Waals surface area contributed by atoms with Gasteiger partial charge < -0.3 is 8.85 Å². The smallest absolute Gasteiger partial charge is 0.383 e. The van der Waals surface area contributed by atoms with Gasteiger partial charge in [-0.05, 0) is 52.9 Å². The van der Waals surface area contributed by atoms with E-state index in [0.29, 0.717) is 17.6 Å². The molecule has 1 aliphatic carbocycles. The molecule has 0 radical (unpaired) electrons. The maximum Gasteiger partial charge on any atom is 0.431 e. The van der Waals surface area contributed by atoms with Crippen LogP contribution in [0.5, 0.6) is 0 Å². The molecular formula is C17H35NO2Si. The van der Waals surface area contributed by atoms with Crippen molar-refractivity contribution < 1.29 is 8.85 Å². The molecule has 0 aromatic carbocycles. The molecule has 0 amide bonds. The predicted octanol–water partition coefficient (Wildman–Crippen LogP) is 4.45. The zero-order chi connectivity index (χ0) is 15.5. The molecule has 1 aliphatic heterocycles. The first-order valence-electron chi connectivity index (χ1n) is 9.13. The highest BCUT2D eigenvalue weighted by atomic mass is 28.4. The van der Waals surface area contributed by atoms with E-state index in [2.05, 4.69) is 39.2 Å². The molecule has 2 fully saturated rings. The fraction of sp³-hybridized carbons (Fsp3) is 1.00. The van der Waals surface area contributed by atoms with Crippen LogP contribution < -0.4 is 0 Å². The van der Waals surface area contributed by atoms with Crippen molar-refractivity contribution in [1.29, 1.82) is 0 Å². The van der Waals surface area contributed by atoms with E-state index in [1.807, 2.05) is 0 Å². The van der Waals surface area contributed by atoms with Gasteiger partial charge in [-0.15, -0.1) is 0 Å². The van der Waals surface area contributed by atoms with Gasteiger partial charge in [-0.2, -0.15) is 0 Å². The molecule has 0 N–H and O–H groups in total. The van der Waals surface area contributed by atoms with Crippen LogP contribution in [0.15, 0.2) is 0 Å². The van der Waals surface area contributed by atoms with Crippen LogP contribution in [0.1, 0.15) is 73.1 Å². The first kappa shape index (κ1) is 17.5. The highest BCUT2D eigenvalue weighted by Gasteiger charge is 2.57. The van der Waals surface area contributed by atoms with Crippen LogP contribution in [0.2, 0.25) is 5.54 Å². The summed E-state index contributed by atoms with van der Waals surface area (Å²) in [4.78, 5) is 0. The summed E-state index contributed by atoms with van der Waals surface area (Å²) in [7, 11) is -2.32. The quantitative estimate of drug-likeness (QED) is 0.676. The Bertz CT molecular complexity index is 310. The molecule has 21 heavy (non-hydrogen) atoms. The molecule has 4 atom stereocenters. The summed E-state index contributed by atoms with van der Waals surface area (Å²) in [5, 5.41) is 0. The molecule has 0 aromatic heterocycles. The van der Waals surface area contributed by atoms with E-state index < -0.39 is 8.72 Å². The molecular weight excluding hydrogens is 278 g/mol. The first-order valence-corrected chi connectivity index (χ1v) is 11.0. The van der Waals surface area contributed by atoms with Crippen molar-refractivity contribution in [3.8, 4) is 0 Å². The molecule has 1 saturated heterocycles. The minimum atomic E-state index is -2.32. The molecule has 1 saturated carbocycles. The molecule has 1 heterocycles. The Balaban J connectivity index is 2.36. The topological polar surface area (TPSA) is 21.7 Å². The van der Waals surface area contributed by atoms with Gasteiger partial charge in [0.1, 0.15) is 0 Å². The van der Waals surface area contributed by atoms with Gasteiger partial charge in [0.15, 0.2) is 0 Å². The first-order chi connectivity index (χ1) is 10.1. The average Bonchev–Trinajstić information content (AvgIpc) is 2.85. The van der Waals surface area contributed by atoms with Gasteiger partial charge in [-0.25, -0.2) is 0 Å². The maximum atomic E-state index is 6.55. The lowest BCUT2D eigenvalue weighted by Crippen LogP contribution is -2.68. The Morgan fingerprint density at radius 2 is 1.38 bits per heavy atom. The molecule has 4 heteroatoms. The van der Waals surface area contributed by atoms with Crippen LogP contribution >= 0.6 is 0 Å². The number of piperidine rings is 1. The maximum absolute atomic E-state index is 6.55. The molecule has 3 nitrogen and oxygen atoms in total. The summed E-state index contributed by atoms with van der Waals surface area (Å²) in [5.74, 6) is 0.746. The Morgan fingerprint density at radius 1 is 0.857 bits per heavy atom. The van der Waals surface area contributed by atoms with E-state index in [1.165, 1.54) is 38.5 Å². The standard InChI is InChI=1S/C17H35NO2Si/c1-6-19-21(20-7-2,17-13-8-10-14(17)3)18-15(4)11-9-12-16(18)5/h14-17H,6-13H2,1-5H3. The number of hydrogen-bond donors (Lipinski definition) is 0. The van der Waals surface area contributed by atoms with Crippen molar-refractivity contribution in [2.75, 3.05) is 13.2 Å². The minimum absolute atomic E-state index is 0.603. The van der Waals surface area contributed by atoms with Crippen molar-refractivity contribution in [2.24, 2.45) is 5.92 Å². The summed E-state index contributed by atoms with van der Waals surface area (Å²) in [6.45, 7) is 13.0. The van der Waals surface area contributed by atoms with Crippen molar-refractivity contribution in [3.63, 3.8) is 0 Å². The monoisotopic (exact) mass is 313 g/mol. The molecule has 124 valence electrons. The number of nitrogens with zero attached hydrogens (tertiary/aromatic N) is 1. The molecule has 0 aromatic rings. The van der Waals surface area contributed by atoms with E-state index in [9.17, 15) is 0 Å². The highest BCUT2D eigenvalue weighted by molar-refractivity contribution is 6.66. The third-order valence-corrected chi connectivity index (χ3v) is 10.4.